The first-order valence-corrected chi connectivity index (χ1v) is 5.85. The predicted octanol–water partition coefficient (Wildman–Crippen LogP) is 2.00. The molecule has 0 fully saturated rings. The van der Waals surface area contributed by atoms with Crippen LogP contribution in [0.2, 0.25) is 0 Å². The average Bonchev–Trinajstić information content (AvgIpc) is 2.18. The molecule has 0 saturated carbocycles. The van der Waals surface area contributed by atoms with Crippen LogP contribution in [-0.4, -0.2) is 36.6 Å². The van der Waals surface area contributed by atoms with Crippen molar-refractivity contribution in [3.8, 4) is 6.07 Å². The number of nitrogens with one attached hydrogen (secondary N) is 1. The van der Waals surface area contributed by atoms with Gasteiger partial charge in [-0.2, -0.15) is 5.26 Å². The summed E-state index contributed by atoms with van der Waals surface area (Å²) < 4.78 is 0. The lowest BCUT2D eigenvalue weighted by Crippen LogP contribution is -2.46. The molecule has 0 amide bonds. The third kappa shape index (κ3) is 5.15. The molecule has 0 radical (unpaired) electrons. The fourth-order valence-electron chi connectivity index (χ4n) is 1.87. The second kappa shape index (κ2) is 6.81. The summed E-state index contributed by atoms with van der Waals surface area (Å²) in [5.74, 6) is 0. The van der Waals surface area contributed by atoms with Crippen LogP contribution in [0.15, 0.2) is 0 Å². The number of rotatable bonds is 7. The molecule has 0 heterocycles. The molecule has 0 aliphatic carbocycles. The van der Waals surface area contributed by atoms with Gasteiger partial charge in [-0.3, -0.25) is 5.32 Å². The molecule has 2 unspecified atom stereocenters. The molecule has 0 aromatic carbocycles. The van der Waals surface area contributed by atoms with Gasteiger partial charge in [0, 0.05) is 6.04 Å². The van der Waals surface area contributed by atoms with E-state index in [1.807, 2.05) is 13.8 Å². The van der Waals surface area contributed by atoms with Crippen molar-refractivity contribution >= 4 is 0 Å². The van der Waals surface area contributed by atoms with Gasteiger partial charge in [0.05, 0.1) is 6.07 Å². The standard InChI is InChI=1S/C12H25N3/c1-6-8-15(5)11(3)9-12(4,10-13)14-7-2/h11,14H,6-9H2,1-5H3. The van der Waals surface area contributed by atoms with Gasteiger partial charge in [-0.15, -0.1) is 0 Å². The van der Waals surface area contributed by atoms with E-state index in [2.05, 4.69) is 37.2 Å². The minimum absolute atomic E-state index is 0.393. The zero-order valence-electron chi connectivity index (χ0n) is 10.8. The highest BCUT2D eigenvalue weighted by molar-refractivity contribution is 5.05. The third-order valence-corrected chi connectivity index (χ3v) is 2.85. The van der Waals surface area contributed by atoms with E-state index in [9.17, 15) is 0 Å². The molecule has 0 aromatic rings. The Morgan fingerprint density at radius 3 is 2.47 bits per heavy atom. The average molecular weight is 211 g/mol. The van der Waals surface area contributed by atoms with Crippen molar-refractivity contribution in [2.24, 2.45) is 0 Å². The van der Waals surface area contributed by atoms with Crippen molar-refractivity contribution in [1.82, 2.24) is 10.2 Å². The molecule has 0 aromatic heterocycles. The first-order valence-electron chi connectivity index (χ1n) is 5.85. The number of nitrogens with zero attached hydrogens (tertiary/aromatic N) is 2. The van der Waals surface area contributed by atoms with Crippen molar-refractivity contribution in [3.05, 3.63) is 0 Å². The fraction of sp³-hybridized carbons (Fsp3) is 0.917. The van der Waals surface area contributed by atoms with Gasteiger partial charge in [0.1, 0.15) is 5.54 Å². The Morgan fingerprint density at radius 1 is 1.47 bits per heavy atom. The van der Waals surface area contributed by atoms with E-state index in [1.54, 1.807) is 0 Å². The minimum Gasteiger partial charge on any atom is -0.304 e. The maximum atomic E-state index is 9.15. The van der Waals surface area contributed by atoms with Gasteiger partial charge < -0.3 is 4.90 Å². The molecule has 0 saturated heterocycles. The molecule has 1 N–H and O–H groups in total. The summed E-state index contributed by atoms with van der Waals surface area (Å²) in [6.45, 7) is 10.3. The van der Waals surface area contributed by atoms with E-state index in [0.717, 1.165) is 25.9 Å². The molecule has 0 spiro atoms. The molecule has 0 aliphatic rings. The van der Waals surface area contributed by atoms with Gasteiger partial charge in [-0.25, -0.2) is 0 Å². The highest BCUT2D eigenvalue weighted by Gasteiger charge is 2.26. The quantitative estimate of drug-likeness (QED) is 0.700. The van der Waals surface area contributed by atoms with E-state index in [1.165, 1.54) is 0 Å². The van der Waals surface area contributed by atoms with Gasteiger partial charge in [-0.05, 0) is 46.8 Å². The van der Waals surface area contributed by atoms with Crippen LogP contribution in [0, 0.1) is 11.3 Å². The van der Waals surface area contributed by atoms with Crippen LogP contribution in [0.4, 0.5) is 0 Å². The fourth-order valence-corrected chi connectivity index (χ4v) is 1.87. The van der Waals surface area contributed by atoms with Crippen molar-refractivity contribution in [1.29, 1.82) is 5.26 Å². The van der Waals surface area contributed by atoms with Crippen LogP contribution in [0.5, 0.6) is 0 Å². The molecule has 0 bridgehead atoms. The van der Waals surface area contributed by atoms with Crippen molar-refractivity contribution in [3.63, 3.8) is 0 Å². The Morgan fingerprint density at radius 2 is 2.07 bits per heavy atom. The van der Waals surface area contributed by atoms with Gasteiger partial charge in [0.15, 0.2) is 0 Å². The van der Waals surface area contributed by atoms with Crippen LogP contribution >= 0.6 is 0 Å². The van der Waals surface area contributed by atoms with Crippen molar-refractivity contribution < 1.29 is 0 Å². The molecule has 88 valence electrons. The zero-order valence-corrected chi connectivity index (χ0v) is 10.8. The first kappa shape index (κ1) is 14.4. The Bertz CT molecular complexity index is 209. The SMILES string of the molecule is CCCN(C)C(C)CC(C)(C#N)NCC. The molecule has 15 heavy (non-hydrogen) atoms. The maximum absolute atomic E-state index is 9.15. The second-order valence-electron chi connectivity index (χ2n) is 4.51. The summed E-state index contributed by atoms with van der Waals surface area (Å²) in [7, 11) is 2.12. The van der Waals surface area contributed by atoms with Gasteiger partial charge >= 0.3 is 0 Å². The molecule has 2 atom stereocenters. The van der Waals surface area contributed by atoms with E-state index >= 15 is 0 Å². The summed E-state index contributed by atoms with van der Waals surface area (Å²) in [5.41, 5.74) is -0.393. The van der Waals surface area contributed by atoms with Crippen molar-refractivity contribution in [2.75, 3.05) is 20.1 Å². The number of hydrogen-bond acceptors (Lipinski definition) is 3. The summed E-state index contributed by atoms with van der Waals surface area (Å²) in [5, 5.41) is 12.4. The highest BCUT2D eigenvalue weighted by atomic mass is 15.1. The lowest BCUT2D eigenvalue weighted by atomic mass is 9.94. The van der Waals surface area contributed by atoms with E-state index in [-0.39, 0.29) is 0 Å². The van der Waals surface area contributed by atoms with Crippen LogP contribution in [-0.2, 0) is 0 Å². The van der Waals surface area contributed by atoms with Crippen molar-refractivity contribution in [2.45, 2.75) is 52.1 Å². The Hall–Kier alpha value is -0.590. The topological polar surface area (TPSA) is 39.1 Å². The molecular formula is C12H25N3. The van der Waals surface area contributed by atoms with E-state index in [0.29, 0.717) is 6.04 Å². The summed E-state index contributed by atoms with van der Waals surface area (Å²) in [6.07, 6.45) is 2.03. The highest BCUT2D eigenvalue weighted by Crippen LogP contribution is 2.14. The van der Waals surface area contributed by atoms with Gasteiger partial charge in [0.25, 0.3) is 0 Å². The molecule has 3 nitrogen and oxygen atoms in total. The summed E-state index contributed by atoms with van der Waals surface area (Å²) in [6, 6.07) is 2.81. The third-order valence-electron chi connectivity index (χ3n) is 2.85. The first-order chi connectivity index (χ1) is 6.99. The Kier molecular flexibility index (Phi) is 6.55. The smallest absolute Gasteiger partial charge is 0.105 e. The largest absolute Gasteiger partial charge is 0.304 e. The van der Waals surface area contributed by atoms with Gasteiger partial charge in [-0.1, -0.05) is 13.8 Å². The molecule has 0 rings (SSSR count). The monoisotopic (exact) mass is 211 g/mol. The number of nitriles is 1. The molecule has 0 aliphatic heterocycles. The Labute approximate surface area is 94.5 Å². The summed E-state index contributed by atoms with van der Waals surface area (Å²) >= 11 is 0. The Balaban J connectivity index is 4.24. The number of hydrogen-bond donors (Lipinski definition) is 1. The zero-order chi connectivity index (χ0) is 11.9. The predicted molar refractivity (Wildman–Crippen MR) is 64.7 cm³/mol. The molecular weight excluding hydrogens is 186 g/mol. The van der Waals surface area contributed by atoms with Gasteiger partial charge in [0.2, 0.25) is 0 Å². The van der Waals surface area contributed by atoms with Crippen LogP contribution in [0.3, 0.4) is 0 Å². The minimum atomic E-state index is -0.393. The van der Waals surface area contributed by atoms with E-state index < -0.39 is 5.54 Å². The lowest BCUT2D eigenvalue weighted by Gasteiger charge is -2.31. The molecule has 3 heteroatoms. The lowest BCUT2D eigenvalue weighted by molar-refractivity contribution is 0.214. The van der Waals surface area contributed by atoms with E-state index in [4.69, 9.17) is 5.26 Å². The van der Waals surface area contributed by atoms with Crippen LogP contribution < -0.4 is 5.32 Å². The van der Waals surface area contributed by atoms with Crippen LogP contribution in [0.1, 0.15) is 40.5 Å². The maximum Gasteiger partial charge on any atom is 0.105 e. The second-order valence-corrected chi connectivity index (χ2v) is 4.51. The normalized spacial score (nSPS) is 17.1. The summed E-state index contributed by atoms with van der Waals surface area (Å²) in [4.78, 5) is 2.31. The van der Waals surface area contributed by atoms with Crippen LogP contribution in [0.25, 0.3) is 0 Å².